The van der Waals surface area contributed by atoms with Gasteiger partial charge in [0.1, 0.15) is 12.1 Å². The van der Waals surface area contributed by atoms with Crippen LogP contribution in [0, 0.1) is 0 Å². The minimum absolute atomic E-state index is 0.185. The number of hydrogen-bond donors (Lipinski definition) is 1. The topological polar surface area (TPSA) is 127 Å². The maximum Gasteiger partial charge on any atom is 0.246 e. The molecule has 0 saturated heterocycles. The summed E-state index contributed by atoms with van der Waals surface area (Å²) in [6.45, 7) is 4.00. The molecule has 10 heteroatoms. The molecule has 2 aromatic carbocycles. The van der Waals surface area contributed by atoms with Gasteiger partial charge in [-0.1, -0.05) is 31.2 Å². The molecule has 4 aromatic rings. The molecule has 0 bridgehead atoms. The van der Waals surface area contributed by atoms with Crippen molar-refractivity contribution in [3.05, 3.63) is 60.2 Å². The Morgan fingerprint density at radius 3 is 2.33 bits per heavy atom. The molecule has 0 aliphatic rings. The molecule has 1 unspecified atom stereocenters. The van der Waals surface area contributed by atoms with E-state index < -0.39 is 11.9 Å². The molecule has 2 N–H and O–H groups in total. The van der Waals surface area contributed by atoms with E-state index in [0.717, 1.165) is 5.69 Å². The molecule has 0 saturated carbocycles. The number of aromatic nitrogens is 5. The number of amides is 1. The van der Waals surface area contributed by atoms with Crippen molar-refractivity contribution >= 4 is 16.8 Å². The van der Waals surface area contributed by atoms with E-state index in [9.17, 15) is 4.79 Å². The van der Waals surface area contributed by atoms with Gasteiger partial charge in [-0.3, -0.25) is 4.79 Å². The standard InChI is InChI=1S/C23H24N6O4/c1-13(2)18-11-29(28-27-18)21(22(24)30)14-5-7-15(8-6-14)33-23-16-9-19(31-3)20(32-4)10-17(16)25-12-26-23/h5-13,21H,1-4H3,(H2,24,30). The Bertz CT molecular complexity index is 1290. The molecule has 0 fully saturated rings. The minimum atomic E-state index is -0.782. The molecule has 1 amide bonds. The van der Waals surface area contributed by atoms with Gasteiger partial charge in [-0.25, -0.2) is 14.6 Å². The van der Waals surface area contributed by atoms with Crippen LogP contribution in [0.5, 0.6) is 23.1 Å². The highest BCUT2D eigenvalue weighted by molar-refractivity contribution is 5.87. The number of nitrogens with zero attached hydrogens (tertiary/aromatic N) is 5. The van der Waals surface area contributed by atoms with Gasteiger partial charge in [-0.05, 0) is 29.7 Å². The molecule has 4 rings (SSSR count). The lowest BCUT2D eigenvalue weighted by Gasteiger charge is -2.15. The lowest BCUT2D eigenvalue weighted by molar-refractivity contribution is -0.120. The van der Waals surface area contributed by atoms with Crippen molar-refractivity contribution in [2.24, 2.45) is 5.73 Å². The van der Waals surface area contributed by atoms with Gasteiger partial charge >= 0.3 is 0 Å². The van der Waals surface area contributed by atoms with Crippen molar-refractivity contribution in [3.8, 4) is 23.1 Å². The highest BCUT2D eigenvalue weighted by atomic mass is 16.5. The van der Waals surface area contributed by atoms with Crippen LogP contribution in [0.3, 0.4) is 0 Å². The largest absolute Gasteiger partial charge is 0.493 e. The molecular weight excluding hydrogens is 424 g/mol. The van der Waals surface area contributed by atoms with Crippen LogP contribution < -0.4 is 19.9 Å². The quantitative estimate of drug-likeness (QED) is 0.435. The summed E-state index contributed by atoms with van der Waals surface area (Å²) in [5.74, 6) is 1.63. The SMILES string of the molecule is COc1cc2ncnc(Oc3ccc(C(C(N)=O)n4cc(C(C)C)nn4)cc3)c2cc1OC. The zero-order valence-corrected chi connectivity index (χ0v) is 18.7. The van der Waals surface area contributed by atoms with E-state index in [1.807, 2.05) is 13.8 Å². The molecule has 0 aliphatic carbocycles. The first-order valence-electron chi connectivity index (χ1n) is 10.3. The van der Waals surface area contributed by atoms with Crippen LogP contribution in [0.25, 0.3) is 10.9 Å². The van der Waals surface area contributed by atoms with E-state index in [0.29, 0.717) is 39.6 Å². The smallest absolute Gasteiger partial charge is 0.246 e. The third kappa shape index (κ3) is 4.40. The van der Waals surface area contributed by atoms with E-state index in [4.69, 9.17) is 19.9 Å². The predicted octanol–water partition coefficient (Wildman–Crippen LogP) is 3.23. The Morgan fingerprint density at radius 2 is 1.73 bits per heavy atom. The van der Waals surface area contributed by atoms with E-state index in [1.165, 1.54) is 11.0 Å². The Hall–Kier alpha value is -4.21. The van der Waals surface area contributed by atoms with E-state index >= 15 is 0 Å². The normalized spacial score (nSPS) is 12.0. The van der Waals surface area contributed by atoms with Crippen molar-refractivity contribution in [1.29, 1.82) is 0 Å². The fourth-order valence-electron chi connectivity index (χ4n) is 3.40. The van der Waals surface area contributed by atoms with Crippen LogP contribution in [0.1, 0.15) is 37.1 Å². The summed E-state index contributed by atoms with van der Waals surface area (Å²) in [4.78, 5) is 20.7. The summed E-state index contributed by atoms with van der Waals surface area (Å²) in [6.07, 6.45) is 3.15. The zero-order chi connectivity index (χ0) is 23.5. The average molecular weight is 448 g/mol. The van der Waals surface area contributed by atoms with Crippen LogP contribution >= 0.6 is 0 Å². The van der Waals surface area contributed by atoms with Crippen LogP contribution in [0.2, 0.25) is 0 Å². The minimum Gasteiger partial charge on any atom is -0.493 e. The van der Waals surface area contributed by atoms with Gasteiger partial charge in [0, 0.05) is 6.07 Å². The van der Waals surface area contributed by atoms with E-state index in [1.54, 1.807) is 56.8 Å². The van der Waals surface area contributed by atoms with Gasteiger partial charge in [0.2, 0.25) is 11.8 Å². The second kappa shape index (κ2) is 9.11. The van der Waals surface area contributed by atoms with Crippen LogP contribution in [0.15, 0.2) is 48.9 Å². The molecule has 170 valence electrons. The molecule has 0 spiro atoms. The Labute approximate surface area is 190 Å². The summed E-state index contributed by atoms with van der Waals surface area (Å²) in [7, 11) is 3.12. The number of carbonyl (C=O) groups excluding carboxylic acids is 1. The Kier molecular flexibility index (Phi) is 6.07. The summed E-state index contributed by atoms with van der Waals surface area (Å²) in [6, 6.07) is 9.73. The third-order valence-electron chi connectivity index (χ3n) is 5.17. The van der Waals surface area contributed by atoms with Gasteiger partial charge in [0.15, 0.2) is 17.5 Å². The molecule has 1 atom stereocenters. The van der Waals surface area contributed by atoms with E-state index in [-0.39, 0.29) is 5.92 Å². The second-order valence-electron chi connectivity index (χ2n) is 7.66. The highest BCUT2D eigenvalue weighted by Crippen LogP contribution is 2.36. The predicted molar refractivity (Wildman–Crippen MR) is 121 cm³/mol. The van der Waals surface area contributed by atoms with Gasteiger partial charge in [-0.15, -0.1) is 5.10 Å². The number of methoxy groups -OCH3 is 2. The number of fused-ring (bicyclic) bond motifs is 1. The summed E-state index contributed by atoms with van der Waals surface area (Å²) in [5, 5.41) is 8.87. The van der Waals surface area contributed by atoms with Gasteiger partial charge in [0.05, 0.1) is 37.0 Å². The number of benzene rings is 2. The number of carbonyl (C=O) groups is 1. The average Bonchev–Trinajstić information content (AvgIpc) is 3.29. The lowest BCUT2D eigenvalue weighted by atomic mass is 10.1. The molecule has 0 radical (unpaired) electrons. The van der Waals surface area contributed by atoms with Crippen LogP contribution in [-0.4, -0.2) is 45.1 Å². The van der Waals surface area contributed by atoms with Crippen molar-refractivity contribution in [3.63, 3.8) is 0 Å². The maximum absolute atomic E-state index is 12.2. The molecule has 0 aliphatic heterocycles. The number of ether oxygens (including phenoxy) is 3. The lowest BCUT2D eigenvalue weighted by Crippen LogP contribution is -2.28. The molecule has 33 heavy (non-hydrogen) atoms. The van der Waals surface area contributed by atoms with Crippen molar-refractivity contribution in [2.45, 2.75) is 25.8 Å². The first-order valence-corrected chi connectivity index (χ1v) is 10.3. The number of nitrogens with two attached hydrogens (primary N) is 1. The number of hydrogen-bond acceptors (Lipinski definition) is 8. The van der Waals surface area contributed by atoms with Gasteiger partial charge in [-0.2, -0.15) is 0 Å². The van der Waals surface area contributed by atoms with Gasteiger partial charge < -0.3 is 19.9 Å². The Morgan fingerprint density at radius 1 is 1.03 bits per heavy atom. The maximum atomic E-state index is 12.2. The second-order valence-corrected chi connectivity index (χ2v) is 7.66. The van der Waals surface area contributed by atoms with Crippen LogP contribution in [0.4, 0.5) is 0 Å². The summed E-state index contributed by atoms with van der Waals surface area (Å²) in [5.41, 5.74) is 7.75. The summed E-state index contributed by atoms with van der Waals surface area (Å²) < 4.78 is 18.2. The fourth-order valence-corrected chi connectivity index (χ4v) is 3.40. The zero-order valence-electron chi connectivity index (χ0n) is 18.7. The fraction of sp³-hybridized carbons (Fsp3) is 0.261. The Balaban J connectivity index is 1.63. The third-order valence-corrected chi connectivity index (χ3v) is 5.17. The van der Waals surface area contributed by atoms with Crippen molar-refractivity contribution in [2.75, 3.05) is 14.2 Å². The van der Waals surface area contributed by atoms with Crippen molar-refractivity contribution < 1.29 is 19.0 Å². The first kappa shape index (κ1) is 22.0. The molecule has 10 nitrogen and oxygen atoms in total. The molecular formula is C23H24N6O4. The van der Waals surface area contributed by atoms with E-state index in [2.05, 4.69) is 20.3 Å². The van der Waals surface area contributed by atoms with Gasteiger partial charge in [0.25, 0.3) is 0 Å². The number of rotatable bonds is 8. The number of primary amides is 1. The van der Waals surface area contributed by atoms with Crippen molar-refractivity contribution in [1.82, 2.24) is 25.0 Å². The monoisotopic (exact) mass is 448 g/mol. The summed E-state index contributed by atoms with van der Waals surface area (Å²) >= 11 is 0. The first-order chi connectivity index (χ1) is 15.9. The molecule has 2 heterocycles. The molecule has 2 aromatic heterocycles. The highest BCUT2D eigenvalue weighted by Gasteiger charge is 2.22. The van der Waals surface area contributed by atoms with Crippen LogP contribution in [-0.2, 0) is 4.79 Å².